The van der Waals surface area contributed by atoms with E-state index in [1.54, 1.807) is 19.3 Å². The molecule has 0 aromatic heterocycles. The van der Waals surface area contributed by atoms with E-state index in [-0.39, 0.29) is 0 Å². The van der Waals surface area contributed by atoms with E-state index in [0.717, 1.165) is 17.8 Å². The van der Waals surface area contributed by atoms with Gasteiger partial charge in [-0.25, -0.2) is 0 Å². The van der Waals surface area contributed by atoms with Crippen LogP contribution in [0.1, 0.15) is 52.4 Å². The zero-order chi connectivity index (χ0) is 11.9. The van der Waals surface area contributed by atoms with Crippen LogP contribution in [-0.4, -0.2) is 23.5 Å². The monoisotopic (exact) mass is 233 g/mol. The van der Waals surface area contributed by atoms with Crippen LogP contribution in [0.4, 0.5) is 0 Å². The first-order chi connectivity index (χ1) is 8.25. The second-order valence-corrected chi connectivity index (χ2v) is 6.75. The first kappa shape index (κ1) is 11.8. The molecule has 4 bridgehead atoms. The van der Waals surface area contributed by atoms with Gasteiger partial charge < -0.3 is 0 Å². The fourth-order valence-corrected chi connectivity index (χ4v) is 5.34. The first-order valence-corrected chi connectivity index (χ1v) is 7.62. The molecule has 0 aliphatic heterocycles. The van der Waals surface area contributed by atoms with Crippen LogP contribution in [0.2, 0.25) is 0 Å². The number of allylic oxidation sites excluding steroid dienone is 1. The molecule has 4 fully saturated rings. The maximum atomic E-state index is 2.79. The zero-order valence-corrected chi connectivity index (χ0v) is 11.5. The average Bonchev–Trinajstić information content (AvgIpc) is 2.27. The summed E-state index contributed by atoms with van der Waals surface area (Å²) in [6, 6.07) is 0. The third kappa shape index (κ3) is 1.97. The van der Waals surface area contributed by atoms with Crippen molar-refractivity contribution in [2.45, 2.75) is 57.9 Å². The lowest BCUT2D eigenvalue weighted by molar-refractivity contribution is -0.0829. The highest BCUT2D eigenvalue weighted by Gasteiger charge is 2.52. The van der Waals surface area contributed by atoms with Crippen LogP contribution in [0.25, 0.3) is 0 Å². The lowest BCUT2D eigenvalue weighted by atomic mass is 9.52. The number of nitrogens with zero attached hydrogens (tertiary/aromatic N) is 1. The van der Waals surface area contributed by atoms with Crippen LogP contribution >= 0.6 is 0 Å². The summed E-state index contributed by atoms with van der Waals surface area (Å²) in [5.74, 6) is 3.21. The van der Waals surface area contributed by atoms with Gasteiger partial charge in [-0.15, -0.1) is 0 Å². The van der Waals surface area contributed by atoms with Crippen LogP contribution in [0, 0.1) is 17.8 Å². The molecule has 0 atom stereocenters. The Labute approximate surface area is 106 Å². The molecule has 0 unspecified atom stereocenters. The maximum absolute atomic E-state index is 2.79. The van der Waals surface area contributed by atoms with E-state index in [1.807, 2.05) is 0 Å². The summed E-state index contributed by atoms with van der Waals surface area (Å²) in [4.78, 5) is 2.79. The van der Waals surface area contributed by atoms with E-state index < -0.39 is 0 Å². The van der Waals surface area contributed by atoms with Gasteiger partial charge in [0.1, 0.15) is 0 Å². The molecule has 0 N–H and O–H groups in total. The molecule has 4 rings (SSSR count). The van der Waals surface area contributed by atoms with Crippen molar-refractivity contribution in [1.29, 1.82) is 0 Å². The van der Waals surface area contributed by atoms with E-state index in [1.165, 1.54) is 32.4 Å². The molecule has 0 aromatic carbocycles. The molecule has 0 heterocycles. The van der Waals surface area contributed by atoms with Crippen LogP contribution < -0.4 is 0 Å². The van der Waals surface area contributed by atoms with Gasteiger partial charge in [0.05, 0.1) is 0 Å². The van der Waals surface area contributed by atoms with Gasteiger partial charge in [-0.1, -0.05) is 19.1 Å². The van der Waals surface area contributed by atoms with Gasteiger partial charge in [0.2, 0.25) is 0 Å². The Hall–Kier alpha value is -0.300. The van der Waals surface area contributed by atoms with Crippen LogP contribution in [0.15, 0.2) is 12.2 Å². The van der Waals surface area contributed by atoms with E-state index in [9.17, 15) is 0 Å². The van der Waals surface area contributed by atoms with E-state index in [0.29, 0.717) is 5.54 Å². The largest absolute Gasteiger partial charge is 0.294 e. The maximum Gasteiger partial charge on any atom is 0.0220 e. The van der Waals surface area contributed by atoms with Crippen molar-refractivity contribution in [3.05, 3.63) is 12.2 Å². The molecule has 1 heteroatoms. The van der Waals surface area contributed by atoms with Gasteiger partial charge in [0.15, 0.2) is 0 Å². The molecular formula is C16H27N. The highest BCUT2D eigenvalue weighted by atomic mass is 15.2. The van der Waals surface area contributed by atoms with Crippen molar-refractivity contribution >= 4 is 0 Å². The van der Waals surface area contributed by atoms with Gasteiger partial charge in [0, 0.05) is 12.1 Å². The van der Waals surface area contributed by atoms with E-state index in [2.05, 4.69) is 30.9 Å². The predicted octanol–water partition coefficient (Wildman–Crippen LogP) is 3.85. The quantitative estimate of drug-likeness (QED) is 0.667. The average molecular weight is 233 g/mol. The number of rotatable bonds is 4. The summed E-state index contributed by atoms with van der Waals surface area (Å²) >= 11 is 0. The third-order valence-corrected chi connectivity index (χ3v) is 5.62. The summed E-state index contributed by atoms with van der Waals surface area (Å²) in [5, 5.41) is 0. The summed E-state index contributed by atoms with van der Waals surface area (Å²) in [5.41, 5.74) is 0.600. The second kappa shape index (κ2) is 4.42. The molecule has 4 aliphatic rings. The van der Waals surface area contributed by atoms with Crippen LogP contribution in [0.3, 0.4) is 0 Å². The Morgan fingerprint density at radius 3 is 2.00 bits per heavy atom. The standard InChI is InChI=1S/C16H27N/c1-3-5-6-17(4-2)16-10-13-7-14(11-16)9-15(8-13)12-16/h3,5,13-15H,4,6-12H2,1-2H3/b5-3-. The lowest BCUT2D eigenvalue weighted by Crippen LogP contribution is -2.59. The second-order valence-electron chi connectivity index (χ2n) is 6.75. The highest BCUT2D eigenvalue weighted by Crippen LogP contribution is 2.57. The first-order valence-electron chi connectivity index (χ1n) is 7.62. The molecule has 96 valence electrons. The fourth-order valence-electron chi connectivity index (χ4n) is 5.34. The van der Waals surface area contributed by atoms with Crippen molar-refractivity contribution in [3.63, 3.8) is 0 Å². The van der Waals surface area contributed by atoms with Gasteiger partial charge in [-0.2, -0.15) is 0 Å². The minimum atomic E-state index is 0.600. The fraction of sp³-hybridized carbons (Fsp3) is 0.875. The predicted molar refractivity (Wildman–Crippen MR) is 73.0 cm³/mol. The van der Waals surface area contributed by atoms with Gasteiger partial charge in [0.25, 0.3) is 0 Å². The van der Waals surface area contributed by atoms with Crippen molar-refractivity contribution in [1.82, 2.24) is 4.90 Å². The zero-order valence-electron chi connectivity index (χ0n) is 11.5. The minimum Gasteiger partial charge on any atom is -0.294 e. The van der Waals surface area contributed by atoms with Gasteiger partial charge >= 0.3 is 0 Å². The van der Waals surface area contributed by atoms with Crippen molar-refractivity contribution in [2.75, 3.05) is 13.1 Å². The molecule has 0 radical (unpaired) electrons. The Morgan fingerprint density at radius 1 is 1.06 bits per heavy atom. The molecule has 1 nitrogen and oxygen atoms in total. The number of hydrogen-bond donors (Lipinski definition) is 0. The van der Waals surface area contributed by atoms with Crippen molar-refractivity contribution < 1.29 is 0 Å². The normalized spacial score (nSPS) is 44.1. The molecule has 4 aliphatic carbocycles. The van der Waals surface area contributed by atoms with Gasteiger partial charge in [-0.05, 0) is 69.7 Å². The van der Waals surface area contributed by atoms with Crippen LogP contribution in [-0.2, 0) is 0 Å². The third-order valence-electron chi connectivity index (χ3n) is 5.62. The van der Waals surface area contributed by atoms with E-state index in [4.69, 9.17) is 0 Å². The number of hydrogen-bond acceptors (Lipinski definition) is 1. The van der Waals surface area contributed by atoms with Crippen molar-refractivity contribution in [2.24, 2.45) is 17.8 Å². The summed E-state index contributed by atoms with van der Waals surface area (Å²) in [6.07, 6.45) is 13.7. The topological polar surface area (TPSA) is 3.24 Å². The number of likely N-dealkylation sites (N-methyl/N-ethyl adjacent to an activating group) is 1. The molecule has 4 saturated carbocycles. The lowest BCUT2D eigenvalue weighted by Gasteiger charge is -2.60. The summed E-state index contributed by atoms with van der Waals surface area (Å²) in [6.45, 7) is 6.91. The Balaban J connectivity index is 1.80. The van der Waals surface area contributed by atoms with Crippen molar-refractivity contribution in [3.8, 4) is 0 Å². The Morgan fingerprint density at radius 2 is 1.59 bits per heavy atom. The molecule has 0 aromatic rings. The summed E-state index contributed by atoms with van der Waals surface area (Å²) in [7, 11) is 0. The SMILES string of the molecule is C/C=C\CN(CC)C12CC3CC(CC(C3)C1)C2. The van der Waals surface area contributed by atoms with E-state index >= 15 is 0 Å². The van der Waals surface area contributed by atoms with Gasteiger partial charge in [-0.3, -0.25) is 4.90 Å². The molecule has 0 spiro atoms. The van der Waals surface area contributed by atoms with Crippen LogP contribution in [0.5, 0.6) is 0 Å². The Bertz CT molecular complexity index is 269. The molecule has 17 heavy (non-hydrogen) atoms. The highest BCUT2D eigenvalue weighted by molar-refractivity contribution is 5.08. The molecular weight excluding hydrogens is 206 g/mol. The molecule has 0 amide bonds. The smallest absolute Gasteiger partial charge is 0.0220 e. The Kier molecular flexibility index (Phi) is 3.06. The summed E-state index contributed by atoms with van der Waals surface area (Å²) < 4.78 is 0. The molecule has 0 saturated heterocycles. The minimum absolute atomic E-state index is 0.600.